The van der Waals surface area contributed by atoms with Crippen molar-refractivity contribution in [2.45, 2.75) is 23.1 Å². The molecule has 1 aromatic rings. The second-order valence-electron chi connectivity index (χ2n) is 4.13. The predicted octanol–water partition coefficient (Wildman–Crippen LogP) is 0.641. The van der Waals surface area contributed by atoms with Crippen molar-refractivity contribution < 1.29 is 23.1 Å². The second-order valence-corrected chi connectivity index (χ2v) is 7.07. The summed E-state index contributed by atoms with van der Waals surface area (Å²) in [6.45, 7) is 0.497. The van der Waals surface area contributed by atoms with E-state index in [-0.39, 0.29) is 23.4 Å². The zero-order valence-corrected chi connectivity index (χ0v) is 11.9. The molecule has 0 bridgehead atoms. The van der Waals surface area contributed by atoms with Crippen molar-refractivity contribution in [3.05, 3.63) is 11.2 Å². The SMILES string of the molecule is COCCN(C1CC1)S(=O)(=O)c1scnc1C(=O)O. The van der Waals surface area contributed by atoms with E-state index < -0.39 is 21.7 Å². The number of hydrogen-bond acceptors (Lipinski definition) is 6. The number of sulfonamides is 1. The zero-order valence-electron chi connectivity index (χ0n) is 10.3. The summed E-state index contributed by atoms with van der Waals surface area (Å²) in [4.78, 5) is 14.6. The monoisotopic (exact) mass is 306 g/mol. The van der Waals surface area contributed by atoms with Crippen LogP contribution in [0.5, 0.6) is 0 Å². The van der Waals surface area contributed by atoms with Gasteiger partial charge in [0.25, 0.3) is 10.0 Å². The molecule has 0 saturated heterocycles. The first-order valence-electron chi connectivity index (χ1n) is 5.66. The fourth-order valence-electron chi connectivity index (χ4n) is 1.71. The van der Waals surface area contributed by atoms with Crippen molar-refractivity contribution >= 4 is 27.3 Å². The number of aromatic nitrogens is 1. The van der Waals surface area contributed by atoms with Crippen LogP contribution in [0.4, 0.5) is 0 Å². The first-order valence-corrected chi connectivity index (χ1v) is 7.98. The van der Waals surface area contributed by atoms with E-state index in [0.29, 0.717) is 0 Å². The van der Waals surface area contributed by atoms with E-state index in [9.17, 15) is 13.2 Å². The Bertz CT molecular complexity index is 564. The third-order valence-corrected chi connectivity index (χ3v) is 6.05. The Morgan fingerprint density at radius 2 is 2.32 bits per heavy atom. The van der Waals surface area contributed by atoms with E-state index in [0.717, 1.165) is 24.2 Å². The Balaban J connectivity index is 2.33. The molecule has 7 nitrogen and oxygen atoms in total. The molecule has 19 heavy (non-hydrogen) atoms. The molecule has 1 fully saturated rings. The molecule has 0 amide bonds. The summed E-state index contributed by atoms with van der Waals surface area (Å²) in [7, 11) is -2.32. The van der Waals surface area contributed by atoms with Crippen LogP contribution in [0.1, 0.15) is 23.3 Å². The Kier molecular flexibility index (Phi) is 4.19. The van der Waals surface area contributed by atoms with Gasteiger partial charge in [0.1, 0.15) is 0 Å². The van der Waals surface area contributed by atoms with E-state index in [1.165, 1.54) is 16.9 Å². The van der Waals surface area contributed by atoms with E-state index in [1.54, 1.807) is 0 Å². The average Bonchev–Trinajstić information content (AvgIpc) is 3.04. The van der Waals surface area contributed by atoms with Crippen molar-refractivity contribution in [3.63, 3.8) is 0 Å². The molecule has 1 saturated carbocycles. The summed E-state index contributed by atoms with van der Waals surface area (Å²) < 4.78 is 31.0. The highest BCUT2D eigenvalue weighted by Gasteiger charge is 2.40. The number of thiazole rings is 1. The Hall–Kier alpha value is -1.03. The number of rotatable bonds is 7. The van der Waals surface area contributed by atoms with Crippen molar-refractivity contribution in [2.75, 3.05) is 20.3 Å². The Morgan fingerprint density at radius 1 is 1.63 bits per heavy atom. The van der Waals surface area contributed by atoms with Gasteiger partial charge in [0.05, 0.1) is 12.1 Å². The van der Waals surface area contributed by atoms with Gasteiger partial charge < -0.3 is 9.84 Å². The molecule has 0 atom stereocenters. The molecule has 106 valence electrons. The maximum absolute atomic E-state index is 12.5. The van der Waals surface area contributed by atoms with Gasteiger partial charge in [0.2, 0.25) is 0 Å². The minimum atomic E-state index is -3.81. The van der Waals surface area contributed by atoms with Crippen LogP contribution in [0.3, 0.4) is 0 Å². The first kappa shape index (κ1) is 14.4. The molecule has 0 radical (unpaired) electrons. The number of carboxylic acid groups (broad SMARTS) is 1. The number of hydrogen-bond donors (Lipinski definition) is 1. The number of carboxylic acids is 1. The van der Waals surface area contributed by atoms with Gasteiger partial charge in [-0.15, -0.1) is 11.3 Å². The van der Waals surface area contributed by atoms with Crippen molar-refractivity contribution in [2.24, 2.45) is 0 Å². The highest BCUT2D eigenvalue weighted by atomic mass is 32.2. The van der Waals surface area contributed by atoms with Crippen molar-refractivity contribution in [1.82, 2.24) is 9.29 Å². The highest BCUT2D eigenvalue weighted by molar-refractivity contribution is 7.91. The number of nitrogens with zero attached hydrogens (tertiary/aromatic N) is 2. The molecule has 1 aliphatic carbocycles. The zero-order chi connectivity index (χ0) is 14.0. The minimum absolute atomic E-state index is 0.0519. The maximum atomic E-state index is 12.5. The van der Waals surface area contributed by atoms with Crippen LogP contribution in [0.25, 0.3) is 0 Å². The summed E-state index contributed by atoms with van der Waals surface area (Å²) in [5, 5.41) is 8.97. The molecule has 1 aliphatic rings. The lowest BCUT2D eigenvalue weighted by Crippen LogP contribution is -2.36. The van der Waals surface area contributed by atoms with Crippen LogP contribution >= 0.6 is 11.3 Å². The minimum Gasteiger partial charge on any atom is -0.476 e. The van der Waals surface area contributed by atoms with Gasteiger partial charge in [-0.3, -0.25) is 0 Å². The maximum Gasteiger partial charge on any atom is 0.356 e. The summed E-state index contributed by atoms with van der Waals surface area (Å²) in [6, 6.07) is -0.0519. The molecule has 0 aromatic carbocycles. The molecular formula is C10H14N2O5S2. The summed E-state index contributed by atoms with van der Waals surface area (Å²) in [5.41, 5.74) is 0.825. The number of methoxy groups -OCH3 is 1. The average molecular weight is 306 g/mol. The van der Waals surface area contributed by atoms with Crippen LogP contribution in [-0.4, -0.2) is 55.1 Å². The normalized spacial score (nSPS) is 15.9. The van der Waals surface area contributed by atoms with Gasteiger partial charge in [-0.05, 0) is 12.8 Å². The van der Waals surface area contributed by atoms with E-state index in [4.69, 9.17) is 9.84 Å². The molecule has 1 heterocycles. The van der Waals surface area contributed by atoms with Gasteiger partial charge in [0.15, 0.2) is 9.90 Å². The van der Waals surface area contributed by atoms with Gasteiger partial charge >= 0.3 is 5.97 Å². The first-order chi connectivity index (χ1) is 8.98. The summed E-state index contributed by atoms with van der Waals surface area (Å²) in [6.07, 6.45) is 1.59. The lowest BCUT2D eigenvalue weighted by atomic mass is 10.5. The van der Waals surface area contributed by atoms with Crippen LogP contribution in [0.15, 0.2) is 9.72 Å². The second kappa shape index (κ2) is 5.53. The quantitative estimate of drug-likeness (QED) is 0.794. The topological polar surface area (TPSA) is 96.8 Å². The van der Waals surface area contributed by atoms with Crippen molar-refractivity contribution in [3.8, 4) is 0 Å². The smallest absolute Gasteiger partial charge is 0.356 e. The van der Waals surface area contributed by atoms with Gasteiger partial charge in [-0.2, -0.15) is 4.31 Å². The van der Waals surface area contributed by atoms with Crippen LogP contribution in [0, 0.1) is 0 Å². The molecule has 0 spiro atoms. The fraction of sp³-hybridized carbons (Fsp3) is 0.600. The fourth-order valence-corrected chi connectivity index (χ4v) is 4.63. The van der Waals surface area contributed by atoms with Crippen LogP contribution in [0.2, 0.25) is 0 Å². The standard InChI is InChI=1S/C10H14N2O5S2/c1-17-5-4-12(7-2-3-7)19(15,16)10-8(9(13)14)11-6-18-10/h6-7H,2-5H2,1H3,(H,13,14). The summed E-state index contributed by atoms with van der Waals surface area (Å²) >= 11 is 0.829. The Morgan fingerprint density at radius 3 is 2.84 bits per heavy atom. The third kappa shape index (κ3) is 2.94. The van der Waals surface area contributed by atoms with Crippen LogP contribution < -0.4 is 0 Å². The molecule has 2 rings (SSSR count). The summed E-state index contributed by atoms with van der Waals surface area (Å²) in [5.74, 6) is -1.33. The van der Waals surface area contributed by atoms with Crippen molar-refractivity contribution in [1.29, 1.82) is 0 Å². The van der Waals surface area contributed by atoms with Crippen LogP contribution in [-0.2, 0) is 14.8 Å². The van der Waals surface area contributed by atoms with E-state index in [1.807, 2.05) is 0 Å². The molecule has 0 unspecified atom stereocenters. The molecule has 1 N–H and O–H groups in total. The molecule has 1 aromatic heterocycles. The largest absolute Gasteiger partial charge is 0.476 e. The third-order valence-electron chi connectivity index (χ3n) is 2.75. The lowest BCUT2D eigenvalue weighted by molar-refractivity contribution is 0.0687. The number of aromatic carboxylic acids is 1. The molecule has 0 aliphatic heterocycles. The Labute approximate surface area is 114 Å². The van der Waals surface area contributed by atoms with Gasteiger partial charge in [-0.1, -0.05) is 0 Å². The number of carbonyl (C=O) groups is 1. The molecular weight excluding hydrogens is 292 g/mol. The molecule has 9 heteroatoms. The predicted molar refractivity (Wildman–Crippen MR) is 67.9 cm³/mol. The van der Waals surface area contributed by atoms with E-state index in [2.05, 4.69) is 4.98 Å². The lowest BCUT2D eigenvalue weighted by Gasteiger charge is -2.20. The van der Waals surface area contributed by atoms with Gasteiger partial charge in [-0.25, -0.2) is 18.2 Å². The number of ether oxygens (including phenoxy) is 1. The van der Waals surface area contributed by atoms with Gasteiger partial charge in [0, 0.05) is 19.7 Å². The van der Waals surface area contributed by atoms with E-state index >= 15 is 0 Å². The highest BCUT2D eigenvalue weighted by Crippen LogP contribution is 2.34.